The Morgan fingerprint density at radius 2 is 1.86 bits per heavy atom. The van der Waals surface area contributed by atoms with E-state index in [1.165, 1.54) is 44.9 Å². The molecule has 0 radical (unpaired) electrons. The fraction of sp³-hybridized carbons (Fsp3) is 1.00. The summed E-state index contributed by atoms with van der Waals surface area (Å²) >= 11 is 0. The van der Waals surface area contributed by atoms with E-state index in [9.17, 15) is 0 Å². The summed E-state index contributed by atoms with van der Waals surface area (Å²) in [5, 5.41) is 3.67. The Morgan fingerprint density at radius 1 is 1.07 bits per heavy atom. The lowest BCUT2D eigenvalue weighted by Crippen LogP contribution is -2.45. The van der Waals surface area contributed by atoms with E-state index in [2.05, 4.69) is 5.32 Å². The van der Waals surface area contributed by atoms with Crippen LogP contribution in [0.4, 0.5) is 0 Å². The van der Waals surface area contributed by atoms with Crippen molar-refractivity contribution in [2.45, 2.75) is 57.1 Å². The van der Waals surface area contributed by atoms with Gasteiger partial charge in [0, 0.05) is 13.2 Å². The van der Waals surface area contributed by atoms with Gasteiger partial charge >= 0.3 is 0 Å². The predicted molar refractivity (Wildman–Crippen MR) is 58.4 cm³/mol. The van der Waals surface area contributed by atoms with E-state index in [0.717, 1.165) is 18.5 Å². The molecule has 1 aliphatic heterocycles. The van der Waals surface area contributed by atoms with Crippen LogP contribution in [0.5, 0.6) is 0 Å². The second kappa shape index (κ2) is 5.13. The maximum absolute atomic E-state index is 5.47. The second-order valence-electron chi connectivity index (χ2n) is 4.84. The third-order valence-corrected chi connectivity index (χ3v) is 3.94. The topological polar surface area (TPSA) is 21.3 Å². The summed E-state index contributed by atoms with van der Waals surface area (Å²) in [4.78, 5) is 0. The van der Waals surface area contributed by atoms with Crippen LogP contribution in [0.15, 0.2) is 0 Å². The lowest BCUT2D eigenvalue weighted by atomic mass is 9.80. The van der Waals surface area contributed by atoms with Gasteiger partial charge in [-0.1, -0.05) is 19.3 Å². The summed E-state index contributed by atoms with van der Waals surface area (Å²) in [5.74, 6) is 0.932. The first-order valence-electron chi connectivity index (χ1n) is 6.16. The Morgan fingerprint density at radius 3 is 2.57 bits per heavy atom. The van der Waals surface area contributed by atoms with Crippen molar-refractivity contribution in [3.63, 3.8) is 0 Å². The number of piperidine rings is 1. The Labute approximate surface area is 87.4 Å². The number of rotatable bonds is 2. The lowest BCUT2D eigenvalue weighted by molar-refractivity contribution is 0.0476. The van der Waals surface area contributed by atoms with Crippen LogP contribution in [-0.2, 0) is 4.74 Å². The SMILES string of the molecule is COC1CCNC(C2CCCCC2)C1. The average molecular weight is 197 g/mol. The molecule has 0 amide bonds. The van der Waals surface area contributed by atoms with Gasteiger partial charge in [0.05, 0.1) is 6.10 Å². The Bertz CT molecular complexity index is 166. The highest BCUT2D eigenvalue weighted by molar-refractivity contribution is 4.85. The zero-order chi connectivity index (χ0) is 9.80. The minimum atomic E-state index is 0.517. The van der Waals surface area contributed by atoms with E-state index in [1.807, 2.05) is 7.11 Å². The molecule has 2 atom stereocenters. The number of hydrogen-bond acceptors (Lipinski definition) is 2. The molecule has 2 heteroatoms. The quantitative estimate of drug-likeness (QED) is 0.733. The van der Waals surface area contributed by atoms with Gasteiger partial charge in [0.1, 0.15) is 0 Å². The van der Waals surface area contributed by atoms with Crippen molar-refractivity contribution in [1.29, 1.82) is 0 Å². The third kappa shape index (κ3) is 2.48. The van der Waals surface area contributed by atoms with Gasteiger partial charge in [0.25, 0.3) is 0 Å². The molecule has 1 N–H and O–H groups in total. The van der Waals surface area contributed by atoms with Crippen LogP contribution in [-0.4, -0.2) is 25.8 Å². The number of ether oxygens (including phenoxy) is 1. The fourth-order valence-electron chi connectivity index (χ4n) is 3.02. The molecule has 1 aliphatic carbocycles. The minimum absolute atomic E-state index is 0.517. The molecule has 2 fully saturated rings. The molecule has 2 rings (SSSR count). The van der Waals surface area contributed by atoms with Crippen molar-refractivity contribution in [3.8, 4) is 0 Å². The van der Waals surface area contributed by atoms with Gasteiger partial charge in [0.15, 0.2) is 0 Å². The molecule has 0 bridgehead atoms. The van der Waals surface area contributed by atoms with Gasteiger partial charge in [-0.2, -0.15) is 0 Å². The van der Waals surface area contributed by atoms with E-state index in [1.54, 1.807) is 0 Å². The zero-order valence-electron chi connectivity index (χ0n) is 9.30. The summed E-state index contributed by atoms with van der Waals surface area (Å²) in [5.41, 5.74) is 0. The smallest absolute Gasteiger partial charge is 0.0598 e. The van der Waals surface area contributed by atoms with Crippen molar-refractivity contribution in [2.24, 2.45) is 5.92 Å². The molecule has 0 aromatic rings. The largest absolute Gasteiger partial charge is 0.381 e. The Balaban J connectivity index is 1.83. The molecule has 2 nitrogen and oxygen atoms in total. The molecule has 82 valence electrons. The normalized spacial score (nSPS) is 35.8. The predicted octanol–water partition coefficient (Wildman–Crippen LogP) is 2.33. The molecule has 1 saturated carbocycles. The average Bonchev–Trinajstić information content (AvgIpc) is 2.30. The van der Waals surface area contributed by atoms with Crippen molar-refractivity contribution < 1.29 is 4.74 Å². The van der Waals surface area contributed by atoms with Gasteiger partial charge in [-0.25, -0.2) is 0 Å². The third-order valence-electron chi connectivity index (χ3n) is 3.94. The molecule has 1 saturated heterocycles. The van der Waals surface area contributed by atoms with Crippen LogP contribution < -0.4 is 5.32 Å². The summed E-state index contributed by atoms with van der Waals surface area (Å²) in [6, 6.07) is 0.744. The molecule has 14 heavy (non-hydrogen) atoms. The van der Waals surface area contributed by atoms with E-state index < -0.39 is 0 Å². The first-order valence-corrected chi connectivity index (χ1v) is 6.16. The summed E-state index contributed by atoms with van der Waals surface area (Å²) in [6.07, 6.45) is 10.2. The zero-order valence-corrected chi connectivity index (χ0v) is 9.30. The Hall–Kier alpha value is -0.0800. The van der Waals surface area contributed by atoms with Crippen molar-refractivity contribution in [3.05, 3.63) is 0 Å². The molecule has 2 aliphatic rings. The van der Waals surface area contributed by atoms with E-state index >= 15 is 0 Å². The fourth-order valence-corrected chi connectivity index (χ4v) is 3.02. The van der Waals surface area contributed by atoms with E-state index in [0.29, 0.717) is 6.10 Å². The second-order valence-corrected chi connectivity index (χ2v) is 4.84. The first-order chi connectivity index (χ1) is 6.90. The summed E-state index contributed by atoms with van der Waals surface area (Å²) < 4.78 is 5.47. The van der Waals surface area contributed by atoms with Gasteiger partial charge in [-0.3, -0.25) is 0 Å². The monoisotopic (exact) mass is 197 g/mol. The number of nitrogens with one attached hydrogen (secondary N) is 1. The molecular weight excluding hydrogens is 174 g/mol. The molecule has 1 heterocycles. The van der Waals surface area contributed by atoms with Crippen LogP contribution in [0.1, 0.15) is 44.9 Å². The molecule has 0 aromatic carbocycles. The van der Waals surface area contributed by atoms with Crippen LogP contribution in [0.25, 0.3) is 0 Å². The highest BCUT2D eigenvalue weighted by Crippen LogP contribution is 2.30. The number of methoxy groups -OCH3 is 1. The Kier molecular flexibility index (Phi) is 3.82. The van der Waals surface area contributed by atoms with Crippen LogP contribution in [0, 0.1) is 5.92 Å². The minimum Gasteiger partial charge on any atom is -0.381 e. The maximum Gasteiger partial charge on any atom is 0.0598 e. The highest BCUT2D eigenvalue weighted by Gasteiger charge is 2.28. The van der Waals surface area contributed by atoms with Crippen LogP contribution in [0.3, 0.4) is 0 Å². The molecule has 0 aromatic heterocycles. The van der Waals surface area contributed by atoms with Gasteiger partial charge < -0.3 is 10.1 Å². The highest BCUT2D eigenvalue weighted by atomic mass is 16.5. The van der Waals surface area contributed by atoms with E-state index in [4.69, 9.17) is 4.74 Å². The maximum atomic E-state index is 5.47. The first kappa shape index (κ1) is 10.4. The molecular formula is C12H23NO. The van der Waals surface area contributed by atoms with Gasteiger partial charge in [-0.15, -0.1) is 0 Å². The van der Waals surface area contributed by atoms with Crippen LogP contribution >= 0.6 is 0 Å². The molecule has 2 unspecified atom stereocenters. The van der Waals surface area contributed by atoms with Crippen molar-refractivity contribution in [2.75, 3.05) is 13.7 Å². The molecule has 0 spiro atoms. The standard InChI is InChI=1S/C12H23NO/c1-14-11-7-8-13-12(9-11)10-5-3-2-4-6-10/h10-13H,2-9H2,1H3. The lowest BCUT2D eigenvalue weighted by Gasteiger charge is -2.36. The van der Waals surface area contributed by atoms with Crippen molar-refractivity contribution >= 4 is 0 Å². The van der Waals surface area contributed by atoms with E-state index in [-0.39, 0.29) is 0 Å². The summed E-state index contributed by atoms with van der Waals surface area (Å²) in [7, 11) is 1.86. The number of hydrogen-bond donors (Lipinski definition) is 1. The van der Waals surface area contributed by atoms with Gasteiger partial charge in [0.2, 0.25) is 0 Å². The van der Waals surface area contributed by atoms with Crippen molar-refractivity contribution in [1.82, 2.24) is 5.32 Å². The van der Waals surface area contributed by atoms with Crippen LogP contribution in [0.2, 0.25) is 0 Å². The summed E-state index contributed by atoms with van der Waals surface area (Å²) in [6.45, 7) is 1.15. The van der Waals surface area contributed by atoms with Gasteiger partial charge in [-0.05, 0) is 38.1 Å².